The van der Waals surface area contributed by atoms with Gasteiger partial charge in [0.25, 0.3) is 0 Å². The minimum absolute atomic E-state index is 0.142. The molecule has 0 aromatic heterocycles. The highest BCUT2D eigenvalue weighted by Crippen LogP contribution is 2.33. The van der Waals surface area contributed by atoms with Gasteiger partial charge in [-0.3, -0.25) is 4.79 Å². The molecule has 1 aliphatic heterocycles. The van der Waals surface area contributed by atoms with Gasteiger partial charge in [0.1, 0.15) is 5.75 Å². The zero-order valence-electron chi connectivity index (χ0n) is 14.8. The monoisotopic (exact) mass is 375 g/mol. The van der Waals surface area contributed by atoms with Crippen LogP contribution in [0.25, 0.3) is 0 Å². The number of hydrogen-bond donors (Lipinski definition) is 1. The average Bonchev–Trinajstić information content (AvgIpc) is 2.65. The summed E-state index contributed by atoms with van der Waals surface area (Å²) >= 11 is 5.90. The molecule has 0 spiro atoms. The summed E-state index contributed by atoms with van der Waals surface area (Å²) < 4.78 is 17.0. The van der Waals surface area contributed by atoms with E-state index < -0.39 is 11.7 Å². The normalized spacial score (nSPS) is 22.7. The molecule has 0 radical (unpaired) electrons. The van der Waals surface area contributed by atoms with Crippen LogP contribution in [-0.4, -0.2) is 25.7 Å². The molecule has 1 aliphatic rings. The number of carbonyl (C=O) groups is 1. The van der Waals surface area contributed by atoms with Crippen molar-refractivity contribution < 1.29 is 19.0 Å². The van der Waals surface area contributed by atoms with E-state index in [-0.39, 0.29) is 19.1 Å². The third-order valence-electron chi connectivity index (χ3n) is 4.22. The van der Waals surface area contributed by atoms with Crippen LogP contribution in [0.15, 0.2) is 48.5 Å². The zero-order valence-corrected chi connectivity index (χ0v) is 15.6. The highest BCUT2D eigenvalue weighted by Gasteiger charge is 2.39. The van der Waals surface area contributed by atoms with Crippen molar-refractivity contribution in [2.75, 3.05) is 25.1 Å². The molecule has 6 heteroatoms. The van der Waals surface area contributed by atoms with Crippen molar-refractivity contribution in [3.63, 3.8) is 0 Å². The van der Waals surface area contributed by atoms with E-state index in [9.17, 15) is 4.79 Å². The smallest absolute Gasteiger partial charge is 0.234 e. The Morgan fingerprint density at radius 2 is 1.77 bits per heavy atom. The first-order chi connectivity index (χ1) is 12.5. The summed E-state index contributed by atoms with van der Waals surface area (Å²) in [5.41, 5.74) is 0.824. The zero-order chi connectivity index (χ0) is 18.6. The van der Waals surface area contributed by atoms with Gasteiger partial charge in [-0.1, -0.05) is 23.7 Å². The summed E-state index contributed by atoms with van der Waals surface area (Å²) in [7, 11) is 0. The molecule has 0 unspecified atom stereocenters. The van der Waals surface area contributed by atoms with Gasteiger partial charge in [0.05, 0.1) is 25.2 Å². The molecule has 0 aliphatic carbocycles. The van der Waals surface area contributed by atoms with Crippen LogP contribution in [0.5, 0.6) is 5.75 Å². The number of ether oxygens (including phenoxy) is 3. The predicted molar refractivity (Wildman–Crippen MR) is 100 cm³/mol. The molecule has 138 valence electrons. The number of benzene rings is 2. The topological polar surface area (TPSA) is 56.8 Å². The highest BCUT2D eigenvalue weighted by atomic mass is 35.5. The highest BCUT2D eigenvalue weighted by molar-refractivity contribution is 6.30. The predicted octanol–water partition coefficient (Wildman–Crippen LogP) is 4.43. The molecule has 1 fully saturated rings. The van der Waals surface area contributed by atoms with Gasteiger partial charge >= 0.3 is 0 Å². The number of hydrogen-bond acceptors (Lipinski definition) is 4. The molecule has 0 bridgehead atoms. The second-order valence-corrected chi connectivity index (χ2v) is 6.91. The lowest BCUT2D eigenvalue weighted by atomic mass is 9.90. The molecule has 1 N–H and O–H groups in total. The average molecular weight is 376 g/mol. The Morgan fingerprint density at radius 3 is 2.35 bits per heavy atom. The van der Waals surface area contributed by atoms with E-state index in [0.29, 0.717) is 17.3 Å². The SMILES string of the molecule is CCOc1ccc(NC(=O)C2(C)COC(c3ccc(Cl)cc3)OC2)cc1. The molecule has 2 aromatic carbocycles. The lowest BCUT2D eigenvalue weighted by Crippen LogP contribution is -2.45. The van der Waals surface area contributed by atoms with E-state index in [1.54, 1.807) is 12.1 Å². The summed E-state index contributed by atoms with van der Waals surface area (Å²) in [6, 6.07) is 14.6. The Morgan fingerprint density at radius 1 is 1.15 bits per heavy atom. The molecule has 5 nitrogen and oxygen atoms in total. The fourth-order valence-corrected chi connectivity index (χ4v) is 2.76. The van der Waals surface area contributed by atoms with Crippen LogP contribution in [0.1, 0.15) is 25.7 Å². The van der Waals surface area contributed by atoms with Crippen molar-refractivity contribution in [1.29, 1.82) is 0 Å². The molecular formula is C20H22ClNO4. The van der Waals surface area contributed by atoms with E-state index in [1.165, 1.54) is 0 Å². The lowest BCUT2D eigenvalue weighted by Gasteiger charge is -2.36. The molecule has 2 aromatic rings. The number of halogens is 1. The summed E-state index contributed by atoms with van der Waals surface area (Å²) in [5, 5.41) is 3.57. The molecule has 1 saturated heterocycles. The standard InChI is InChI=1S/C20H22ClNO4/c1-3-24-17-10-8-16(9-11-17)22-19(23)20(2)12-25-18(26-13-20)14-4-6-15(21)7-5-14/h4-11,18H,3,12-13H2,1-2H3,(H,22,23). The maximum absolute atomic E-state index is 12.7. The maximum atomic E-state index is 12.7. The van der Waals surface area contributed by atoms with Crippen molar-refractivity contribution in [3.8, 4) is 5.75 Å². The second kappa shape index (κ2) is 8.08. The van der Waals surface area contributed by atoms with Crippen LogP contribution < -0.4 is 10.1 Å². The molecule has 0 saturated carbocycles. The van der Waals surface area contributed by atoms with E-state index >= 15 is 0 Å². The fourth-order valence-electron chi connectivity index (χ4n) is 2.64. The van der Waals surface area contributed by atoms with Gasteiger partial charge in [-0.25, -0.2) is 0 Å². The van der Waals surface area contributed by atoms with Crippen LogP contribution in [0.2, 0.25) is 5.02 Å². The van der Waals surface area contributed by atoms with Crippen LogP contribution >= 0.6 is 11.6 Å². The number of anilines is 1. The first-order valence-electron chi connectivity index (χ1n) is 8.53. The van der Waals surface area contributed by atoms with Gasteiger partial charge in [0.15, 0.2) is 6.29 Å². The Kier molecular flexibility index (Phi) is 5.81. The number of nitrogens with one attached hydrogen (secondary N) is 1. The van der Waals surface area contributed by atoms with E-state index in [1.807, 2.05) is 50.2 Å². The van der Waals surface area contributed by atoms with Gasteiger partial charge in [0, 0.05) is 16.3 Å². The maximum Gasteiger partial charge on any atom is 0.234 e. The third-order valence-corrected chi connectivity index (χ3v) is 4.47. The first kappa shape index (κ1) is 18.7. The number of rotatable bonds is 5. The minimum atomic E-state index is -0.762. The van der Waals surface area contributed by atoms with E-state index in [0.717, 1.165) is 11.3 Å². The van der Waals surface area contributed by atoms with Crippen LogP contribution in [0, 0.1) is 5.41 Å². The van der Waals surface area contributed by atoms with Crippen molar-refractivity contribution in [2.24, 2.45) is 5.41 Å². The van der Waals surface area contributed by atoms with Crippen LogP contribution in [-0.2, 0) is 14.3 Å². The Balaban J connectivity index is 1.58. The van der Waals surface area contributed by atoms with Crippen molar-refractivity contribution in [1.82, 2.24) is 0 Å². The summed E-state index contributed by atoms with van der Waals surface area (Å²) in [6.07, 6.45) is -0.487. The molecule has 26 heavy (non-hydrogen) atoms. The van der Waals surface area contributed by atoms with Gasteiger partial charge in [-0.15, -0.1) is 0 Å². The van der Waals surface area contributed by atoms with Crippen LogP contribution in [0.3, 0.4) is 0 Å². The summed E-state index contributed by atoms with van der Waals surface area (Å²) in [5.74, 6) is 0.628. The van der Waals surface area contributed by atoms with Gasteiger partial charge in [-0.05, 0) is 50.2 Å². The quantitative estimate of drug-likeness (QED) is 0.839. The molecule has 1 amide bonds. The van der Waals surface area contributed by atoms with E-state index in [2.05, 4.69) is 5.32 Å². The Hall–Kier alpha value is -2.08. The molecule has 3 rings (SSSR count). The van der Waals surface area contributed by atoms with Gasteiger partial charge < -0.3 is 19.5 Å². The molecular weight excluding hydrogens is 354 g/mol. The van der Waals surface area contributed by atoms with Crippen molar-refractivity contribution in [3.05, 3.63) is 59.1 Å². The molecule has 1 heterocycles. The van der Waals surface area contributed by atoms with Crippen molar-refractivity contribution >= 4 is 23.2 Å². The minimum Gasteiger partial charge on any atom is -0.494 e. The Labute approximate surface area is 158 Å². The number of carbonyl (C=O) groups excluding carboxylic acids is 1. The number of amides is 1. The molecule has 0 atom stereocenters. The van der Waals surface area contributed by atoms with Crippen LogP contribution in [0.4, 0.5) is 5.69 Å². The Bertz CT molecular complexity index is 737. The summed E-state index contributed by atoms with van der Waals surface area (Å²) in [6.45, 7) is 4.89. The lowest BCUT2D eigenvalue weighted by molar-refractivity contribution is -0.226. The second-order valence-electron chi connectivity index (χ2n) is 6.48. The van der Waals surface area contributed by atoms with Gasteiger partial charge in [-0.2, -0.15) is 0 Å². The first-order valence-corrected chi connectivity index (χ1v) is 8.91. The summed E-state index contributed by atoms with van der Waals surface area (Å²) in [4.78, 5) is 12.7. The van der Waals surface area contributed by atoms with Gasteiger partial charge in [0.2, 0.25) is 5.91 Å². The third kappa shape index (κ3) is 4.36. The fraction of sp³-hybridized carbons (Fsp3) is 0.350. The van der Waals surface area contributed by atoms with Crippen molar-refractivity contribution in [2.45, 2.75) is 20.1 Å². The van der Waals surface area contributed by atoms with E-state index in [4.69, 9.17) is 25.8 Å². The largest absolute Gasteiger partial charge is 0.494 e.